The van der Waals surface area contributed by atoms with Crippen molar-refractivity contribution >= 4 is 5.91 Å². The summed E-state index contributed by atoms with van der Waals surface area (Å²) in [6.45, 7) is 9.39. The summed E-state index contributed by atoms with van der Waals surface area (Å²) in [6, 6.07) is 6.31. The van der Waals surface area contributed by atoms with Gasteiger partial charge in [-0.15, -0.1) is 0 Å². The molecule has 2 heterocycles. The highest BCUT2D eigenvalue weighted by Crippen LogP contribution is 2.16. The largest absolute Gasteiger partial charge is 0.348 e. The number of hydrogen-bond acceptors (Lipinski definition) is 4. The Kier molecular flexibility index (Phi) is 6.00. The number of amides is 1. The fraction of sp³-hybridized carbons (Fsp3) is 0.474. The maximum atomic E-state index is 13.9. The number of piperazine rings is 1. The number of carbonyl (C=O) groups is 1. The van der Waals surface area contributed by atoms with Crippen molar-refractivity contribution in [3.63, 3.8) is 0 Å². The minimum absolute atomic E-state index is 0.00101. The minimum atomic E-state index is -0.329. The van der Waals surface area contributed by atoms with Crippen molar-refractivity contribution in [2.24, 2.45) is 0 Å². The van der Waals surface area contributed by atoms with E-state index in [1.165, 1.54) is 10.7 Å². The van der Waals surface area contributed by atoms with E-state index in [1.54, 1.807) is 30.6 Å². The Morgan fingerprint density at radius 3 is 2.62 bits per heavy atom. The summed E-state index contributed by atoms with van der Waals surface area (Å²) in [5.74, 6) is -0.328. The van der Waals surface area contributed by atoms with Crippen molar-refractivity contribution in [1.82, 2.24) is 24.9 Å². The maximum Gasteiger partial charge on any atom is 0.234 e. The van der Waals surface area contributed by atoms with Gasteiger partial charge in [-0.2, -0.15) is 5.10 Å². The van der Waals surface area contributed by atoms with Gasteiger partial charge in [-0.3, -0.25) is 9.69 Å². The first-order chi connectivity index (χ1) is 12.6. The first-order valence-electron chi connectivity index (χ1n) is 9.10. The molecule has 6 nitrogen and oxygen atoms in total. The van der Waals surface area contributed by atoms with Gasteiger partial charge in [0.25, 0.3) is 0 Å². The molecule has 2 aromatic rings. The minimum Gasteiger partial charge on any atom is -0.348 e. The number of benzene rings is 1. The molecule has 7 heteroatoms. The molecule has 1 aliphatic heterocycles. The van der Waals surface area contributed by atoms with Crippen LogP contribution in [0, 0.1) is 5.82 Å². The van der Waals surface area contributed by atoms with Gasteiger partial charge in [0.1, 0.15) is 11.5 Å². The third kappa shape index (κ3) is 4.47. The van der Waals surface area contributed by atoms with Crippen LogP contribution in [-0.2, 0) is 4.79 Å². The van der Waals surface area contributed by atoms with E-state index in [9.17, 15) is 9.18 Å². The predicted octanol–water partition coefficient (Wildman–Crippen LogP) is 1.83. The van der Waals surface area contributed by atoms with Gasteiger partial charge in [0.15, 0.2) is 0 Å². The normalized spacial score (nSPS) is 17.2. The average molecular weight is 359 g/mol. The molecule has 1 aromatic carbocycles. The standard InChI is InChI=1S/C19H26FN5O/c1-3-23-8-10-24(11-9-23)14-19(26)22-15(2)16-12-21-25(13-16)18-7-5-4-6-17(18)20/h4-7,12-13,15H,3,8-11,14H2,1-2H3,(H,22,26)/t15-/m0/s1. The van der Waals surface area contributed by atoms with Gasteiger partial charge < -0.3 is 10.2 Å². The first kappa shape index (κ1) is 18.5. The fourth-order valence-electron chi connectivity index (χ4n) is 3.17. The monoisotopic (exact) mass is 359 g/mol. The quantitative estimate of drug-likeness (QED) is 0.855. The van der Waals surface area contributed by atoms with Crippen molar-refractivity contribution in [3.8, 4) is 5.69 Å². The smallest absolute Gasteiger partial charge is 0.234 e. The van der Waals surface area contributed by atoms with E-state index in [4.69, 9.17) is 0 Å². The summed E-state index contributed by atoms with van der Waals surface area (Å²) >= 11 is 0. The number of nitrogens with one attached hydrogen (secondary N) is 1. The summed E-state index contributed by atoms with van der Waals surface area (Å²) in [6.07, 6.45) is 3.42. The second kappa shape index (κ2) is 8.42. The number of halogens is 1. The Morgan fingerprint density at radius 2 is 1.92 bits per heavy atom. The van der Waals surface area contributed by atoms with Gasteiger partial charge in [-0.1, -0.05) is 19.1 Å². The highest BCUT2D eigenvalue weighted by Gasteiger charge is 2.19. The molecule has 0 saturated carbocycles. The highest BCUT2D eigenvalue weighted by atomic mass is 19.1. The Bertz CT molecular complexity index is 739. The molecule has 140 valence electrons. The van der Waals surface area contributed by atoms with Crippen LogP contribution in [0.1, 0.15) is 25.5 Å². The van der Waals surface area contributed by atoms with E-state index < -0.39 is 0 Å². The number of aromatic nitrogens is 2. The Morgan fingerprint density at radius 1 is 1.23 bits per heavy atom. The predicted molar refractivity (Wildman–Crippen MR) is 98.6 cm³/mol. The van der Waals surface area contributed by atoms with Crippen LogP contribution in [0.4, 0.5) is 4.39 Å². The molecule has 26 heavy (non-hydrogen) atoms. The van der Waals surface area contributed by atoms with Crippen LogP contribution in [-0.4, -0.2) is 64.8 Å². The molecule has 1 aromatic heterocycles. The van der Waals surface area contributed by atoms with Crippen molar-refractivity contribution in [3.05, 3.63) is 48.0 Å². The van der Waals surface area contributed by atoms with E-state index >= 15 is 0 Å². The van der Waals surface area contributed by atoms with E-state index in [1.807, 2.05) is 6.92 Å². The molecule has 1 amide bonds. The number of likely N-dealkylation sites (N-methyl/N-ethyl adjacent to an activating group) is 1. The molecule has 3 rings (SSSR count). The molecular weight excluding hydrogens is 333 g/mol. The molecule has 0 aliphatic carbocycles. The van der Waals surface area contributed by atoms with Crippen LogP contribution in [0.3, 0.4) is 0 Å². The molecule has 1 atom stereocenters. The van der Waals surface area contributed by atoms with Gasteiger partial charge in [0.05, 0.1) is 18.8 Å². The number of nitrogens with zero attached hydrogens (tertiary/aromatic N) is 4. The van der Waals surface area contributed by atoms with Crippen molar-refractivity contribution in [2.75, 3.05) is 39.3 Å². The lowest BCUT2D eigenvalue weighted by Crippen LogP contribution is -2.49. The van der Waals surface area contributed by atoms with Crippen LogP contribution in [0.5, 0.6) is 0 Å². The number of para-hydroxylation sites is 1. The molecule has 1 aliphatic rings. The van der Waals surface area contributed by atoms with Crippen molar-refractivity contribution < 1.29 is 9.18 Å². The van der Waals surface area contributed by atoms with E-state index in [0.29, 0.717) is 12.2 Å². The van der Waals surface area contributed by atoms with Crippen LogP contribution < -0.4 is 5.32 Å². The zero-order valence-electron chi connectivity index (χ0n) is 15.4. The molecule has 1 N–H and O–H groups in total. The van der Waals surface area contributed by atoms with E-state index in [-0.39, 0.29) is 17.8 Å². The second-order valence-corrected chi connectivity index (χ2v) is 6.67. The summed E-state index contributed by atoms with van der Waals surface area (Å²) in [7, 11) is 0. The Hall–Kier alpha value is -2.25. The lowest BCUT2D eigenvalue weighted by Gasteiger charge is -2.33. The summed E-state index contributed by atoms with van der Waals surface area (Å²) in [5, 5.41) is 7.23. The first-order valence-corrected chi connectivity index (χ1v) is 9.10. The van der Waals surface area contributed by atoms with Crippen LogP contribution in [0.2, 0.25) is 0 Å². The van der Waals surface area contributed by atoms with Crippen molar-refractivity contribution in [2.45, 2.75) is 19.9 Å². The Balaban J connectivity index is 1.54. The third-order valence-corrected chi connectivity index (χ3v) is 4.86. The van der Waals surface area contributed by atoms with Gasteiger partial charge in [-0.25, -0.2) is 9.07 Å². The number of hydrogen-bond donors (Lipinski definition) is 1. The average Bonchev–Trinajstić information content (AvgIpc) is 3.12. The summed E-state index contributed by atoms with van der Waals surface area (Å²) in [4.78, 5) is 16.9. The van der Waals surface area contributed by atoms with Crippen LogP contribution in [0.15, 0.2) is 36.7 Å². The molecule has 1 fully saturated rings. The lowest BCUT2D eigenvalue weighted by atomic mass is 10.2. The summed E-state index contributed by atoms with van der Waals surface area (Å²) < 4.78 is 15.4. The molecular formula is C19H26FN5O. The van der Waals surface area contributed by atoms with Crippen molar-refractivity contribution in [1.29, 1.82) is 0 Å². The molecule has 1 saturated heterocycles. The topological polar surface area (TPSA) is 53.4 Å². The number of carbonyl (C=O) groups excluding carboxylic acids is 1. The SMILES string of the molecule is CCN1CCN(CC(=O)N[C@@H](C)c2cnn(-c3ccccc3F)c2)CC1. The van der Waals surface area contributed by atoms with Crippen LogP contribution in [0.25, 0.3) is 5.69 Å². The van der Waals surface area contributed by atoms with Gasteiger partial charge in [-0.05, 0) is 25.6 Å². The van der Waals surface area contributed by atoms with E-state index in [2.05, 4.69) is 27.1 Å². The molecule has 0 unspecified atom stereocenters. The van der Waals surface area contributed by atoms with Gasteiger partial charge >= 0.3 is 0 Å². The molecule has 0 spiro atoms. The fourth-order valence-corrected chi connectivity index (χ4v) is 3.17. The zero-order valence-corrected chi connectivity index (χ0v) is 15.4. The summed E-state index contributed by atoms with van der Waals surface area (Å²) in [5.41, 5.74) is 1.24. The third-order valence-electron chi connectivity index (χ3n) is 4.86. The lowest BCUT2D eigenvalue weighted by molar-refractivity contribution is -0.123. The van der Waals surface area contributed by atoms with E-state index in [0.717, 1.165) is 38.3 Å². The molecule has 0 radical (unpaired) electrons. The van der Waals surface area contributed by atoms with Crippen LogP contribution >= 0.6 is 0 Å². The zero-order chi connectivity index (χ0) is 18.5. The Labute approximate surface area is 153 Å². The van der Waals surface area contributed by atoms with Gasteiger partial charge in [0.2, 0.25) is 5.91 Å². The van der Waals surface area contributed by atoms with Gasteiger partial charge in [0, 0.05) is 37.9 Å². The molecule has 0 bridgehead atoms. The highest BCUT2D eigenvalue weighted by molar-refractivity contribution is 5.78. The number of rotatable bonds is 6. The second-order valence-electron chi connectivity index (χ2n) is 6.67. The maximum absolute atomic E-state index is 13.9.